The van der Waals surface area contributed by atoms with Crippen molar-refractivity contribution in [3.63, 3.8) is 0 Å². The van der Waals surface area contributed by atoms with Crippen molar-refractivity contribution in [2.75, 3.05) is 66.1 Å². The van der Waals surface area contributed by atoms with E-state index >= 15 is 0 Å². The van der Waals surface area contributed by atoms with Crippen LogP contribution in [-0.4, -0.2) is 88.0 Å². The molecule has 0 aromatic carbocycles. The van der Waals surface area contributed by atoms with Crippen LogP contribution in [0.1, 0.15) is 19.8 Å². The molecule has 0 bridgehead atoms. The quantitative estimate of drug-likeness (QED) is 0.604. The summed E-state index contributed by atoms with van der Waals surface area (Å²) in [5, 5.41) is 3.45. The Hall–Kier alpha value is -0.850. The van der Waals surface area contributed by atoms with Crippen molar-refractivity contribution >= 4 is 5.96 Å². The minimum Gasteiger partial charge on any atom is -0.381 e. The fraction of sp³-hybridized carbons (Fsp3) is 0.938. The summed E-state index contributed by atoms with van der Waals surface area (Å²) in [6.45, 7) is 10.6. The molecule has 22 heavy (non-hydrogen) atoms. The lowest BCUT2D eigenvalue weighted by Crippen LogP contribution is -2.44. The molecule has 3 heterocycles. The Labute approximate surface area is 133 Å². The number of morpholine rings is 1. The molecule has 3 aliphatic heterocycles. The van der Waals surface area contributed by atoms with Gasteiger partial charge in [-0.25, -0.2) is 0 Å². The van der Waals surface area contributed by atoms with Gasteiger partial charge in [0.1, 0.15) is 0 Å². The zero-order valence-electron chi connectivity index (χ0n) is 14.0. The highest BCUT2D eigenvalue weighted by molar-refractivity contribution is 5.80. The van der Waals surface area contributed by atoms with Crippen LogP contribution in [0, 0.1) is 5.41 Å². The van der Waals surface area contributed by atoms with Crippen molar-refractivity contribution in [3.05, 3.63) is 0 Å². The molecule has 3 aliphatic rings. The van der Waals surface area contributed by atoms with E-state index in [9.17, 15) is 0 Å². The second-order valence-electron chi connectivity index (χ2n) is 6.92. The molecule has 2 unspecified atom stereocenters. The van der Waals surface area contributed by atoms with Crippen molar-refractivity contribution in [2.24, 2.45) is 10.4 Å². The Balaban J connectivity index is 1.58. The lowest BCUT2D eigenvalue weighted by molar-refractivity contribution is -0.0137. The molecule has 0 aromatic rings. The third kappa shape index (κ3) is 3.73. The summed E-state index contributed by atoms with van der Waals surface area (Å²) in [4.78, 5) is 9.57. The first-order valence-electron chi connectivity index (χ1n) is 8.62. The Morgan fingerprint density at radius 2 is 2.23 bits per heavy atom. The van der Waals surface area contributed by atoms with E-state index in [2.05, 4.69) is 29.1 Å². The van der Waals surface area contributed by atoms with Crippen LogP contribution in [0.3, 0.4) is 0 Å². The zero-order valence-corrected chi connectivity index (χ0v) is 14.0. The molecule has 126 valence electrons. The van der Waals surface area contributed by atoms with Gasteiger partial charge in [0, 0.05) is 44.7 Å². The van der Waals surface area contributed by atoms with E-state index in [0.29, 0.717) is 5.41 Å². The highest BCUT2D eigenvalue weighted by atomic mass is 16.5. The van der Waals surface area contributed by atoms with Crippen LogP contribution in [-0.2, 0) is 9.47 Å². The Morgan fingerprint density at radius 1 is 1.32 bits per heavy atom. The average Bonchev–Trinajstić information content (AvgIpc) is 3.14. The molecule has 6 heteroatoms. The van der Waals surface area contributed by atoms with Gasteiger partial charge in [-0.05, 0) is 26.8 Å². The molecule has 3 saturated heterocycles. The van der Waals surface area contributed by atoms with E-state index < -0.39 is 0 Å². The third-order valence-electron chi connectivity index (χ3n) is 5.04. The number of guanidine groups is 1. The van der Waals surface area contributed by atoms with Gasteiger partial charge in [0.25, 0.3) is 0 Å². The molecule has 1 N–H and O–H groups in total. The molecule has 6 nitrogen and oxygen atoms in total. The summed E-state index contributed by atoms with van der Waals surface area (Å²) in [5.41, 5.74) is 0.373. The second kappa shape index (κ2) is 7.15. The monoisotopic (exact) mass is 310 g/mol. The van der Waals surface area contributed by atoms with E-state index in [4.69, 9.17) is 14.5 Å². The van der Waals surface area contributed by atoms with Crippen molar-refractivity contribution in [2.45, 2.75) is 25.9 Å². The predicted molar refractivity (Wildman–Crippen MR) is 87.3 cm³/mol. The molecular weight excluding hydrogens is 280 g/mol. The number of hydrogen-bond donors (Lipinski definition) is 1. The first-order valence-corrected chi connectivity index (χ1v) is 8.62. The molecule has 3 rings (SSSR count). The molecule has 0 saturated carbocycles. The highest BCUT2D eigenvalue weighted by Gasteiger charge is 2.42. The van der Waals surface area contributed by atoms with Gasteiger partial charge in [0.2, 0.25) is 0 Å². The van der Waals surface area contributed by atoms with E-state index in [1.165, 1.54) is 12.8 Å². The van der Waals surface area contributed by atoms with Crippen LogP contribution in [0.15, 0.2) is 4.99 Å². The summed E-state index contributed by atoms with van der Waals surface area (Å²) in [7, 11) is 2.15. The molecule has 3 fully saturated rings. The van der Waals surface area contributed by atoms with Crippen LogP contribution in [0.25, 0.3) is 0 Å². The molecule has 0 aliphatic carbocycles. The summed E-state index contributed by atoms with van der Waals surface area (Å²) in [6, 6.07) is 0. The number of hydrogen-bond acceptors (Lipinski definition) is 4. The maximum Gasteiger partial charge on any atom is 0.194 e. The maximum atomic E-state index is 5.82. The number of aliphatic imine (C=N–C) groups is 1. The van der Waals surface area contributed by atoms with E-state index in [1.807, 2.05) is 0 Å². The van der Waals surface area contributed by atoms with Gasteiger partial charge in [0.05, 0.1) is 25.9 Å². The topological polar surface area (TPSA) is 49.3 Å². The summed E-state index contributed by atoms with van der Waals surface area (Å²) >= 11 is 0. The van der Waals surface area contributed by atoms with E-state index in [0.717, 1.165) is 65.0 Å². The number of rotatable bonds is 3. The van der Waals surface area contributed by atoms with Crippen LogP contribution in [0.4, 0.5) is 0 Å². The fourth-order valence-electron chi connectivity index (χ4n) is 3.68. The van der Waals surface area contributed by atoms with Crippen LogP contribution < -0.4 is 5.32 Å². The summed E-state index contributed by atoms with van der Waals surface area (Å²) < 4.78 is 11.4. The first-order chi connectivity index (χ1) is 10.7. The van der Waals surface area contributed by atoms with E-state index in [1.54, 1.807) is 0 Å². The molecular formula is C16H30N4O2. The van der Waals surface area contributed by atoms with Crippen LogP contribution >= 0.6 is 0 Å². The van der Waals surface area contributed by atoms with Crippen LogP contribution in [0.2, 0.25) is 0 Å². The zero-order chi connectivity index (χ0) is 15.4. The largest absolute Gasteiger partial charge is 0.381 e. The fourth-order valence-corrected chi connectivity index (χ4v) is 3.68. The Morgan fingerprint density at radius 3 is 2.95 bits per heavy atom. The van der Waals surface area contributed by atoms with Crippen molar-refractivity contribution in [1.82, 2.24) is 15.1 Å². The number of nitrogens with one attached hydrogen (secondary N) is 1. The Kier molecular flexibility index (Phi) is 5.21. The second-order valence-corrected chi connectivity index (χ2v) is 6.92. The first kappa shape index (κ1) is 16.0. The number of ether oxygens (including phenoxy) is 2. The summed E-state index contributed by atoms with van der Waals surface area (Å²) in [6.07, 6.45) is 2.64. The molecule has 0 radical (unpaired) electrons. The smallest absolute Gasteiger partial charge is 0.194 e. The SMILES string of the molecule is CCNC(=NCC1CN(C)CCO1)N1CCC2(CCOC2)C1. The number of nitrogens with zero attached hydrogens (tertiary/aromatic N) is 3. The highest BCUT2D eigenvalue weighted by Crippen LogP contribution is 2.38. The lowest BCUT2D eigenvalue weighted by Gasteiger charge is -2.30. The average molecular weight is 310 g/mol. The molecule has 1 spiro atoms. The van der Waals surface area contributed by atoms with E-state index in [-0.39, 0.29) is 6.10 Å². The lowest BCUT2D eigenvalue weighted by atomic mass is 9.87. The van der Waals surface area contributed by atoms with Crippen molar-refractivity contribution in [3.8, 4) is 0 Å². The standard InChI is InChI=1S/C16H30N4O2/c1-3-17-15(18-10-14-11-19(2)7-9-22-14)20-6-4-16(12-20)5-8-21-13-16/h14H,3-13H2,1-2H3,(H,17,18). The van der Waals surface area contributed by atoms with Gasteiger partial charge in [-0.1, -0.05) is 0 Å². The molecule has 0 amide bonds. The number of likely N-dealkylation sites (N-methyl/N-ethyl adjacent to an activating group) is 1. The molecule has 0 aromatic heterocycles. The minimum atomic E-state index is 0.221. The molecule has 2 atom stereocenters. The van der Waals surface area contributed by atoms with Gasteiger partial charge < -0.3 is 24.6 Å². The third-order valence-corrected chi connectivity index (χ3v) is 5.04. The van der Waals surface area contributed by atoms with Gasteiger partial charge in [-0.2, -0.15) is 0 Å². The Bertz CT molecular complexity index is 396. The van der Waals surface area contributed by atoms with Crippen molar-refractivity contribution in [1.29, 1.82) is 0 Å². The predicted octanol–water partition coefficient (Wildman–Crippen LogP) is 0.395. The van der Waals surface area contributed by atoms with Gasteiger partial charge in [-0.3, -0.25) is 4.99 Å². The maximum absolute atomic E-state index is 5.82. The minimum absolute atomic E-state index is 0.221. The normalized spacial score (nSPS) is 33.8. The van der Waals surface area contributed by atoms with Crippen molar-refractivity contribution < 1.29 is 9.47 Å². The van der Waals surface area contributed by atoms with Gasteiger partial charge in [0.15, 0.2) is 5.96 Å². The number of likely N-dealkylation sites (tertiary alicyclic amines) is 1. The summed E-state index contributed by atoms with van der Waals surface area (Å²) in [5.74, 6) is 1.04. The van der Waals surface area contributed by atoms with Crippen LogP contribution in [0.5, 0.6) is 0 Å². The van der Waals surface area contributed by atoms with Gasteiger partial charge >= 0.3 is 0 Å². The van der Waals surface area contributed by atoms with Gasteiger partial charge in [-0.15, -0.1) is 0 Å².